The SMILES string of the molecule is O=C(Nc1ccc(N2CCOCC2)cc1)c1ccc(C2=Nc3ccc(-c4cccc(O)c4)cc3C2)cc1. The molecule has 1 amide bonds. The highest BCUT2D eigenvalue weighted by atomic mass is 16.5. The molecule has 0 spiro atoms. The predicted molar refractivity (Wildman–Crippen MR) is 147 cm³/mol. The van der Waals surface area contributed by atoms with Crippen LogP contribution in [0.25, 0.3) is 11.1 Å². The molecular weight excluding hydrogens is 462 g/mol. The van der Waals surface area contributed by atoms with E-state index in [1.54, 1.807) is 12.1 Å². The van der Waals surface area contributed by atoms with Gasteiger partial charge in [0.1, 0.15) is 5.75 Å². The lowest BCUT2D eigenvalue weighted by Crippen LogP contribution is -2.36. The van der Waals surface area contributed by atoms with Crippen LogP contribution in [0.5, 0.6) is 5.75 Å². The van der Waals surface area contributed by atoms with Crippen molar-refractivity contribution in [3.8, 4) is 16.9 Å². The third kappa shape index (κ3) is 4.97. The number of nitrogens with one attached hydrogen (secondary N) is 1. The van der Waals surface area contributed by atoms with Gasteiger partial charge in [-0.05, 0) is 82.9 Å². The molecule has 0 saturated carbocycles. The molecular formula is C31H27N3O3. The molecule has 2 aliphatic heterocycles. The number of ether oxygens (including phenoxy) is 1. The third-order valence-electron chi connectivity index (χ3n) is 6.85. The fraction of sp³-hybridized carbons (Fsp3) is 0.161. The monoisotopic (exact) mass is 489 g/mol. The minimum atomic E-state index is -0.141. The van der Waals surface area contributed by atoms with Crippen LogP contribution in [0.4, 0.5) is 17.1 Å². The van der Waals surface area contributed by atoms with Gasteiger partial charge in [-0.1, -0.05) is 30.3 Å². The molecule has 0 atom stereocenters. The van der Waals surface area contributed by atoms with E-state index in [-0.39, 0.29) is 11.7 Å². The van der Waals surface area contributed by atoms with Gasteiger partial charge < -0.3 is 20.1 Å². The lowest BCUT2D eigenvalue weighted by atomic mass is 9.98. The van der Waals surface area contributed by atoms with E-state index < -0.39 is 0 Å². The van der Waals surface area contributed by atoms with Crippen molar-refractivity contribution in [2.75, 3.05) is 36.5 Å². The van der Waals surface area contributed by atoms with Crippen LogP contribution in [0, 0.1) is 0 Å². The van der Waals surface area contributed by atoms with Crippen LogP contribution in [0.2, 0.25) is 0 Å². The van der Waals surface area contributed by atoms with Gasteiger partial charge in [-0.25, -0.2) is 0 Å². The smallest absolute Gasteiger partial charge is 0.255 e. The molecule has 6 heteroatoms. The molecule has 1 fully saturated rings. The second kappa shape index (κ2) is 9.91. The average Bonchev–Trinajstić information content (AvgIpc) is 3.38. The second-order valence-corrected chi connectivity index (χ2v) is 9.31. The molecule has 0 aliphatic carbocycles. The Bertz CT molecular complexity index is 1470. The Kier molecular flexibility index (Phi) is 6.16. The summed E-state index contributed by atoms with van der Waals surface area (Å²) in [6, 6.07) is 29.0. The maximum atomic E-state index is 12.8. The number of phenolic OH excluding ortho intramolecular Hbond substituents is 1. The number of hydrogen-bond donors (Lipinski definition) is 2. The summed E-state index contributed by atoms with van der Waals surface area (Å²) in [5, 5.41) is 12.8. The Morgan fingerprint density at radius 2 is 1.57 bits per heavy atom. The molecule has 2 heterocycles. The van der Waals surface area contributed by atoms with Crippen LogP contribution in [-0.2, 0) is 11.2 Å². The Balaban J connectivity index is 1.11. The molecule has 0 unspecified atom stereocenters. The fourth-order valence-corrected chi connectivity index (χ4v) is 4.83. The molecule has 184 valence electrons. The van der Waals surface area contributed by atoms with Gasteiger partial charge in [-0.2, -0.15) is 0 Å². The highest BCUT2D eigenvalue weighted by molar-refractivity contribution is 6.08. The van der Waals surface area contributed by atoms with E-state index in [0.717, 1.165) is 77.8 Å². The number of anilines is 2. The van der Waals surface area contributed by atoms with Gasteiger partial charge in [0.25, 0.3) is 5.91 Å². The van der Waals surface area contributed by atoms with Crippen LogP contribution in [0.1, 0.15) is 21.5 Å². The highest BCUT2D eigenvalue weighted by Crippen LogP contribution is 2.33. The Hall–Kier alpha value is -4.42. The molecule has 0 radical (unpaired) electrons. The van der Waals surface area contributed by atoms with Gasteiger partial charge in [0.15, 0.2) is 0 Å². The van der Waals surface area contributed by atoms with E-state index in [1.807, 2.05) is 72.8 Å². The summed E-state index contributed by atoms with van der Waals surface area (Å²) < 4.78 is 5.42. The minimum absolute atomic E-state index is 0.141. The lowest BCUT2D eigenvalue weighted by Gasteiger charge is -2.28. The highest BCUT2D eigenvalue weighted by Gasteiger charge is 2.18. The van der Waals surface area contributed by atoms with Crippen molar-refractivity contribution < 1.29 is 14.6 Å². The number of aromatic hydroxyl groups is 1. The number of benzene rings is 4. The number of carbonyl (C=O) groups is 1. The quantitative estimate of drug-likeness (QED) is 0.370. The minimum Gasteiger partial charge on any atom is -0.508 e. The molecule has 6 nitrogen and oxygen atoms in total. The van der Waals surface area contributed by atoms with Crippen LogP contribution in [0.15, 0.2) is 96.0 Å². The molecule has 6 rings (SSSR count). The maximum absolute atomic E-state index is 12.8. The van der Waals surface area contributed by atoms with Crippen molar-refractivity contribution in [3.05, 3.63) is 108 Å². The van der Waals surface area contributed by atoms with Crippen molar-refractivity contribution in [2.45, 2.75) is 6.42 Å². The molecule has 1 saturated heterocycles. The summed E-state index contributed by atoms with van der Waals surface area (Å²) >= 11 is 0. The summed E-state index contributed by atoms with van der Waals surface area (Å²) in [5.41, 5.74) is 8.62. The van der Waals surface area contributed by atoms with E-state index in [9.17, 15) is 9.90 Å². The van der Waals surface area contributed by atoms with Crippen LogP contribution in [-0.4, -0.2) is 43.0 Å². The van der Waals surface area contributed by atoms with Crippen LogP contribution >= 0.6 is 0 Å². The fourth-order valence-electron chi connectivity index (χ4n) is 4.83. The number of nitrogens with zero attached hydrogens (tertiary/aromatic N) is 2. The number of carbonyl (C=O) groups excluding carboxylic acids is 1. The van der Waals surface area contributed by atoms with Crippen molar-refractivity contribution >= 4 is 28.7 Å². The standard InChI is InChI=1S/C31H27N3O3/c35-28-3-1-2-23(19-28)24-8-13-29-25(18-24)20-30(33-29)21-4-6-22(7-5-21)31(36)32-26-9-11-27(12-10-26)34-14-16-37-17-15-34/h1-13,18-19,35H,14-17,20H2,(H,32,36). The third-order valence-corrected chi connectivity index (χ3v) is 6.85. The Morgan fingerprint density at radius 3 is 2.32 bits per heavy atom. The van der Waals surface area contributed by atoms with Crippen molar-refractivity contribution in [2.24, 2.45) is 4.99 Å². The van der Waals surface area contributed by atoms with Gasteiger partial charge in [-0.3, -0.25) is 9.79 Å². The molecule has 37 heavy (non-hydrogen) atoms. The molecule has 4 aromatic carbocycles. The second-order valence-electron chi connectivity index (χ2n) is 9.31. The number of aliphatic imine (C=N–C) groups is 1. The molecule has 2 N–H and O–H groups in total. The van der Waals surface area contributed by atoms with Gasteiger partial charge in [0.05, 0.1) is 24.6 Å². The van der Waals surface area contributed by atoms with Gasteiger partial charge >= 0.3 is 0 Å². The predicted octanol–water partition coefficient (Wildman–Crippen LogP) is 5.83. The zero-order valence-electron chi connectivity index (χ0n) is 20.4. The first kappa shape index (κ1) is 23.0. The molecule has 0 aromatic heterocycles. The summed E-state index contributed by atoms with van der Waals surface area (Å²) in [6.07, 6.45) is 0.725. The van der Waals surface area contributed by atoms with Gasteiger partial charge in [0, 0.05) is 36.4 Å². The summed E-state index contributed by atoms with van der Waals surface area (Å²) in [7, 11) is 0. The molecule has 4 aromatic rings. The summed E-state index contributed by atoms with van der Waals surface area (Å²) in [6.45, 7) is 3.25. The van der Waals surface area contributed by atoms with Crippen molar-refractivity contribution in [1.29, 1.82) is 0 Å². The van der Waals surface area contributed by atoms with E-state index in [2.05, 4.69) is 16.3 Å². The Labute approximate surface area is 215 Å². The lowest BCUT2D eigenvalue weighted by molar-refractivity contribution is 0.102. The zero-order valence-corrected chi connectivity index (χ0v) is 20.4. The zero-order chi connectivity index (χ0) is 25.2. The van der Waals surface area contributed by atoms with Crippen LogP contribution in [0.3, 0.4) is 0 Å². The summed E-state index contributed by atoms with van der Waals surface area (Å²) in [5.74, 6) is 0.113. The number of rotatable bonds is 5. The number of hydrogen-bond acceptors (Lipinski definition) is 5. The maximum Gasteiger partial charge on any atom is 0.255 e. The normalized spacial score (nSPS) is 14.7. The first-order valence-corrected chi connectivity index (χ1v) is 12.5. The molecule has 0 bridgehead atoms. The van der Waals surface area contributed by atoms with E-state index in [1.165, 1.54) is 0 Å². The number of fused-ring (bicyclic) bond motifs is 1. The topological polar surface area (TPSA) is 74.2 Å². The first-order chi connectivity index (χ1) is 18.1. The van der Waals surface area contributed by atoms with E-state index >= 15 is 0 Å². The molecule has 2 aliphatic rings. The van der Waals surface area contributed by atoms with Crippen molar-refractivity contribution in [1.82, 2.24) is 0 Å². The first-order valence-electron chi connectivity index (χ1n) is 12.5. The Morgan fingerprint density at radius 1 is 0.838 bits per heavy atom. The summed E-state index contributed by atoms with van der Waals surface area (Å²) in [4.78, 5) is 19.9. The largest absolute Gasteiger partial charge is 0.508 e. The number of amides is 1. The average molecular weight is 490 g/mol. The van der Waals surface area contributed by atoms with E-state index in [4.69, 9.17) is 9.73 Å². The van der Waals surface area contributed by atoms with E-state index in [0.29, 0.717) is 5.56 Å². The number of phenols is 1. The van der Waals surface area contributed by atoms with Crippen LogP contribution < -0.4 is 10.2 Å². The number of morpholine rings is 1. The van der Waals surface area contributed by atoms with Gasteiger partial charge in [0.2, 0.25) is 0 Å². The van der Waals surface area contributed by atoms with Gasteiger partial charge in [-0.15, -0.1) is 0 Å². The van der Waals surface area contributed by atoms with Crippen molar-refractivity contribution in [3.63, 3.8) is 0 Å².